The number of amides is 3. The predicted molar refractivity (Wildman–Crippen MR) is 142 cm³/mol. The number of carbonyl (C=O) groups excluding carboxylic acids is 2. The Hall–Kier alpha value is -2.90. The monoisotopic (exact) mass is 482 g/mol. The van der Waals surface area contributed by atoms with Gasteiger partial charge >= 0.3 is 6.03 Å². The Morgan fingerprint density at radius 2 is 1.54 bits per heavy atom. The van der Waals surface area contributed by atoms with Gasteiger partial charge in [-0.05, 0) is 63.6 Å². The van der Waals surface area contributed by atoms with Crippen LogP contribution in [0.2, 0.25) is 0 Å². The topological polar surface area (TPSA) is 108 Å². The molecule has 0 aliphatic heterocycles. The number of nitrogens with two attached hydrogens (primary N) is 1. The number of para-hydroxylation sites is 1. The minimum Gasteiger partial charge on any atom is -0.388 e. The maximum atomic E-state index is 13.4. The number of anilines is 1. The molecular weight excluding hydrogens is 440 g/mol. The first-order chi connectivity index (χ1) is 16.3. The smallest absolute Gasteiger partial charge is 0.321 e. The van der Waals surface area contributed by atoms with Crippen molar-refractivity contribution in [3.05, 3.63) is 66.2 Å². The fourth-order valence-electron chi connectivity index (χ4n) is 3.87. The van der Waals surface area contributed by atoms with E-state index in [1.807, 2.05) is 95.3 Å². The first kappa shape index (κ1) is 28.3. The van der Waals surface area contributed by atoms with Gasteiger partial charge in [-0.25, -0.2) is 4.79 Å². The fraction of sp³-hybridized carbons (Fsp3) is 0.500. The molecule has 0 saturated heterocycles. The Balaban J connectivity index is 2.39. The second-order valence-electron chi connectivity index (χ2n) is 10.8. The molecule has 0 aliphatic rings. The van der Waals surface area contributed by atoms with E-state index in [4.69, 9.17) is 5.73 Å². The summed E-state index contributed by atoms with van der Waals surface area (Å²) in [5.74, 6) is -0.138. The highest BCUT2D eigenvalue weighted by molar-refractivity contribution is 5.92. The van der Waals surface area contributed by atoms with Gasteiger partial charge < -0.3 is 21.5 Å². The third-order valence-electron chi connectivity index (χ3n) is 6.01. The second-order valence-corrected chi connectivity index (χ2v) is 10.8. The number of aliphatic hydroxyl groups is 1. The molecule has 3 atom stereocenters. The Morgan fingerprint density at radius 1 is 1.00 bits per heavy atom. The summed E-state index contributed by atoms with van der Waals surface area (Å²) in [6.45, 7) is 9.72. The van der Waals surface area contributed by atoms with Gasteiger partial charge in [0.05, 0.1) is 6.04 Å². The van der Waals surface area contributed by atoms with Gasteiger partial charge in [0.1, 0.15) is 11.6 Å². The normalized spacial score (nSPS) is 15.1. The third kappa shape index (κ3) is 8.37. The molecule has 35 heavy (non-hydrogen) atoms. The standard InChI is InChI=1S/C28H42N4O3/c1-20(2)17-18-28(29,25(34)31-27(3,4)5)24(33)23(19-21-13-9-7-10-14-21)30-26(35)32(6)22-15-11-8-12-16-22/h7-16,20,23-24,33H,17-19,29H2,1-6H3,(H,30,35)(H,31,34). The minimum atomic E-state index is -1.59. The summed E-state index contributed by atoms with van der Waals surface area (Å²) in [5, 5.41) is 17.5. The lowest BCUT2D eigenvalue weighted by molar-refractivity contribution is -0.133. The molecule has 192 valence electrons. The summed E-state index contributed by atoms with van der Waals surface area (Å²) in [5.41, 5.74) is 6.25. The van der Waals surface area contributed by atoms with E-state index in [-0.39, 0.29) is 6.42 Å². The highest BCUT2D eigenvalue weighted by atomic mass is 16.3. The first-order valence-electron chi connectivity index (χ1n) is 12.3. The molecule has 0 saturated carbocycles. The number of hydrogen-bond acceptors (Lipinski definition) is 4. The maximum absolute atomic E-state index is 13.4. The number of benzene rings is 2. The Bertz CT molecular complexity index is 944. The van der Waals surface area contributed by atoms with Crippen molar-refractivity contribution < 1.29 is 14.7 Å². The van der Waals surface area contributed by atoms with E-state index in [0.29, 0.717) is 24.4 Å². The van der Waals surface area contributed by atoms with Gasteiger partial charge in [-0.15, -0.1) is 0 Å². The summed E-state index contributed by atoms with van der Waals surface area (Å²) >= 11 is 0. The van der Waals surface area contributed by atoms with E-state index in [1.165, 1.54) is 4.90 Å². The largest absolute Gasteiger partial charge is 0.388 e. The van der Waals surface area contributed by atoms with Crippen LogP contribution in [-0.4, -0.2) is 47.3 Å². The van der Waals surface area contributed by atoms with Crippen LogP contribution in [0.25, 0.3) is 0 Å². The zero-order chi connectivity index (χ0) is 26.2. The number of nitrogens with one attached hydrogen (secondary N) is 2. The molecule has 0 bridgehead atoms. The molecule has 0 spiro atoms. The van der Waals surface area contributed by atoms with Crippen LogP contribution in [0.5, 0.6) is 0 Å². The quantitative estimate of drug-likeness (QED) is 0.412. The van der Waals surface area contributed by atoms with Crippen LogP contribution in [0.1, 0.15) is 53.0 Å². The molecule has 7 nitrogen and oxygen atoms in total. The van der Waals surface area contributed by atoms with Gasteiger partial charge in [0, 0.05) is 18.3 Å². The molecule has 3 amide bonds. The van der Waals surface area contributed by atoms with E-state index in [9.17, 15) is 14.7 Å². The van der Waals surface area contributed by atoms with Crippen molar-refractivity contribution in [1.29, 1.82) is 0 Å². The summed E-state index contributed by atoms with van der Waals surface area (Å²) in [4.78, 5) is 28.1. The molecule has 3 unspecified atom stereocenters. The molecule has 0 heterocycles. The molecule has 0 aliphatic carbocycles. The molecule has 5 N–H and O–H groups in total. The van der Waals surface area contributed by atoms with Crippen LogP contribution in [-0.2, 0) is 11.2 Å². The minimum absolute atomic E-state index is 0.281. The van der Waals surface area contributed by atoms with Crippen molar-refractivity contribution >= 4 is 17.6 Å². The van der Waals surface area contributed by atoms with Crippen molar-refractivity contribution in [1.82, 2.24) is 10.6 Å². The number of aliphatic hydroxyl groups excluding tert-OH is 1. The average molecular weight is 483 g/mol. The van der Waals surface area contributed by atoms with Crippen molar-refractivity contribution in [2.45, 2.75) is 77.1 Å². The third-order valence-corrected chi connectivity index (χ3v) is 6.01. The van der Waals surface area contributed by atoms with Crippen LogP contribution in [0.4, 0.5) is 10.5 Å². The summed E-state index contributed by atoms with van der Waals surface area (Å²) in [6.07, 6.45) is -0.0680. The molecule has 2 aromatic rings. The predicted octanol–water partition coefficient (Wildman–Crippen LogP) is 3.85. The summed E-state index contributed by atoms with van der Waals surface area (Å²) in [6, 6.07) is 17.6. The molecule has 2 rings (SSSR count). The molecule has 0 radical (unpaired) electrons. The van der Waals surface area contributed by atoms with Crippen molar-refractivity contribution in [3.63, 3.8) is 0 Å². The number of nitrogens with zero attached hydrogens (tertiary/aromatic N) is 1. The Labute approximate surface area is 210 Å². The molecule has 0 fully saturated rings. The zero-order valence-corrected chi connectivity index (χ0v) is 21.9. The van der Waals surface area contributed by atoms with E-state index in [1.54, 1.807) is 7.05 Å². The highest BCUT2D eigenvalue weighted by Gasteiger charge is 2.46. The number of urea groups is 1. The summed E-state index contributed by atoms with van der Waals surface area (Å²) < 4.78 is 0. The Kier molecular flexibility index (Phi) is 9.86. The average Bonchev–Trinajstić information content (AvgIpc) is 2.81. The first-order valence-corrected chi connectivity index (χ1v) is 12.3. The lowest BCUT2D eigenvalue weighted by atomic mass is 9.79. The zero-order valence-electron chi connectivity index (χ0n) is 21.9. The number of carbonyl (C=O) groups is 2. The van der Waals surface area contributed by atoms with Gasteiger partial charge in [-0.1, -0.05) is 62.4 Å². The van der Waals surface area contributed by atoms with E-state index < -0.39 is 35.2 Å². The van der Waals surface area contributed by atoms with Gasteiger partial charge in [0.2, 0.25) is 5.91 Å². The second kappa shape index (κ2) is 12.2. The fourth-order valence-corrected chi connectivity index (χ4v) is 3.87. The lowest BCUT2D eigenvalue weighted by Crippen LogP contribution is -2.69. The van der Waals surface area contributed by atoms with Crippen molar-refractivity contribution in [3.8, 4) is 0 Å². The van der Waals surface area contributed by atoms with Crippen LogP contribution in [0.15, 0.2) is 60.7 Å². The van der Waals surface area contributed by atoms with Crippen LogP contribution in [0.3, 0.4) is 0 Å². The van der Waals surface area contributed by atoms with E-state index in [2.05, 4.69) is 10.6 Å². The molecule has 0 aromatic heterocycles. The molecular formula is C28H42N4O3. The Morgan fingerprint density at radius 3 is 2.06 bits per heavy atom. The van der Waals surface area contributed by atoms with Crippen LogP contribution in [0, 0.1) is 5.92 Å². The lowest BCUT2D eigenvalue weighted by Gasteiger charge is -2.40. The van der Waals surface area contributed by atoms with Gasteiger partial charge in [-0.3, -0.25) is 9.69 Å². The SMILES string of the molecule is CC(C)CCC(N)(C(=O)NC(C)(C)C)C(O)C(Cc1ccccc1)NC(=O)N(C)c1ccccc1. The van der Waals surface area contributed by atoms with Gasteiger partial charge in [-0.2, -0.15) is 0 Å². The van der Waals surface area contributed by atoms with Crippen LogP contribution < -0.4 is 21.3 Å². The van der Waals surface area contributed by atoms with Crippen molar-refractivity contribution in [2.24, 2.45) is 11.7 Å². The van der Waals surface area contributed by atoms with Crippen molar-refractivity contribution in [2.75, 3.05) is 11.9 Å². The maximum Gasteiger partial charge on any atom is 0.321 e. The van der Waals surface area contributed by atoms with E-state index >= 15 is 0 Å². The van der Waals surface area contributed by atoms with Crippen LogP contribution >= 0.6 is 0 Å². The number of hydrogen-bond donors (Lipinski definition) is 4. The summed E-state index contributed by atoms with van der Waals surface area (Å²) in [7, 11) is 1.66. The highest BCUT2D eigenvalue weighted by Crippen LogP contribution is 2.24. The van der Waals surface area contributed by atoms with Gasteiger partial charge in [0.15, 0.2) is 0 Å². The number of rotatable bonds is 10. The van der Waals surface area contributed by atoms with E-state index in [0.717, 1.165) is 5.56 Å². The molecule has 7 heteroatoms. The van der Waals surface area contributed by atoms with Gasteiger partial charge in [0.25, 0.3) is 0 Å². The molecule has 2 aromatic carbocycles.